The van der Waals surface area contributed by atoms with Gasteiger partial charge in [-0.1, -0.05) is 52.0 Å². The van der Waals surface area contributed by atoms with Crippen molar-refractivity contribution in [2.45, 2.75) is 121 Å². The van der Waals surface area contributed by atoms with Crippen LogP contribution in [0.4, 0.5) is 22.9 Å². The zero-order valence-electron chi connectivity index (χ0n) is 38.8. The summed E-state index contributed by atoms with van der Waals surface area (Å²) in [6.07, 6.45) is 12.6. The molecule has 67 heavy (non-hydrogen) atoms. The zero-order valence-corrected chi connectivity index (χ0v) is 39.7. The number of benzene rings is 3. The topological polar surface area (TPSA) is 198 Å². The minimum atomic E-state index is -4.66. The molecule has 10 rings (SSSR count). The molecular formula is C51H62N8O7S. The molecule has 5 aliphatic rings. The molecule has 16 heteroatoms. The van der Waals surface area contributed by atoms with Gasteiger partial charge in [0.05, 0.1) is 21.4 Å². The maximum absolute atomic E-state index is 14.2. The zero-order chi connectivity index (χ0) is 46.8. The van der Waals surface area contributed by atoms with Gasteiger partial charge in [-0.15, -0.1) is 0 Å². The molecular weight excluding hydrogens is 869 g/mol. The third kappa shape index (κ3) is 8.78. The van der Waals surface area contributed by atoms with Crippen molar-refractivity contribution < 1.29 is 27.6 Å². The maximum atomic E-state index is 14.2. The van der Waals surface area contributed by atoms with Crippen LogP contribution in [0, 0.1) is 26.9 Å². The average Bonchev–Trinajstić information content (AvgIpc) is 3.97. The highest BCUT2D eigenvalue weighted by atomic mass is 32.2. The molecule has 1 amide bonds. The molecule has 0 unspecified atom stereocenters. The first-order valence-corrected chi connectivity index (χ1v) is 25.5. The second-order valence-corrected chi connectivity index (χ2v) is 22.6. The van der Waals surface area contributed by atoms with Crippen LogP contribution in [-0.2, 0) is 10.0 Å². The van der Waals surface area contributed by atoms with Crippen molar-refractivity contribution in [3.05, 3.63) is 99.7 Å². The highest BCUT2D eigenvalue weighted by Gasteiger charge is 2.50. The second-order valence-electron chi connectivity index (χ2n) is 20.9. The Balaban J connectivity index is 0.866. The molecule has 354 valence electrons. The lowest BCUT2D eigenvalue weighted by molar-refractivity contribution is -0.384. The number of sulfonamides is 1. The lowest BCUT2D eigenvalue weighted by Gasteiger charge is -2.56. The number of nitrogen functional groups attached to an aromatic ring is 1. The Kier molecular flexibility index (Phi) is 11.6. The van der Waals surface area contributed by atoms with Gasteiger partial charge in [-0.2, -0.15) is 0 Å². The number of hydrogen-bond acceptors (Lipinski definition) is 12. The summed E-state index contributed by atoms with van der Waals surface area (Å²) in [4.78, 5) is 38.0. The second kappa shape index (κ2) is 17.3. The van der Waals surface area contributed by atoms with E-state index in [0.717, 1.165) is 75.3 Å². The largest absolute Gasteiger partial charge is 0.489 e. The summed E-state index contributed by atoms with van der Waals surface area (Å²) in [5.41, 5.74) is 10.9. The third-order valence-electron chi connectivity index (χ3n) is 15.7. The van der Waals surface area contributed by atoms with Crippen molar-refractivity contribution >= 4 is 49.8 Å². The minimum absolute atomic E-state index is 0.0410. The van der Waals surface area contributed by atoms with Gasteiger partial charge in [0.2, 0.25) is 0 Å². The Hall–Kier alpha value is -5.87. The molecule has 5 N–H and O–H groups in total. The first-order valence-electron chi connectivity index (χ1n) is 24.0. The minimum Gasteiger partial charge on any atom is -0.489 e. The van der Waals surface area contributed by atoms with E-state index in [1.54, 1.807) is 30.5 Å². The average molecular weight is 931 g/mol. The van der Waals surface area contributed by atoms with Crippen molar-refractivity contribution in [1.29, 1.82) is 0 Å². The number of amides is 1. The number of anilines is 3. The SMILES string of the molecule is CC(C)c1ccccc1[C@@H]1CCCN1C1CC2(CCN(c3ccc(C(=O)NS(=O)(=O)c4cc5c(c([N+](=O)[O-])c4)N[C@@H](C4CCC(C)(C)CC4)CO5)c(Oc4cc5cc[nH]c5nc4N)c3)CC2)C1. The Labute approximate surface area is 392 Å². The molecule has 2 saturated heterocycles. The number of rotatable bonds is 11. The number of aromatic nitrogens is 2. The molecule has 2 saturated carbocycles. The summed E-state index contributed by atoms with van der Waals surface area (Å²) in [5.74, 6) is 0.166. The molecule has 0 radical (unpaired) electrons. The van der Waals surface area contributed by atoms with Gasteiger partial charge in [-0.3, -0.25) is 19.8 Å². The van der Waals surface area contributed by atoms with Gasteiger partial charge >= 0.3 is 0 Å². The highest BCUT2D eigenvalue weighted by Crippen LogP contribution is 2.54. The number of nitro groups is 1. The summed E-state index contributed by atoms with van der Waals surface area (Å²) in [6, 6.07) is 20.7. The Bertz CT molecular complexity index is 2820. The number of aromatic amines is 1. The molecule has 0 bridgehead atoms. The summed E-state index contributed by atoms with van der Waals surface area (Å²) in [7, 11) is -4.66. The van der Waals surface area contributed by atoms with E-state index in [2.05, 4.69) is 81.8 Å². The molecule has 5 aromatic rings. The van der Waals surface area contributed by atoms with Crippen molar-refractivity contribution in [2.24, 2.45) is 16.7 Å². The summed E-state index contributed by atoms with van der Waals surface area (Å²) < 4.78 is 42.6. The van der Waals surface area contributed by atoms with Crippen LogP contribution in [0.25, 0.3) is 11.0 Å². The number of carbonyl (C=O) groups excluding carboxylic acids is 1. The van der Waals surface area contributed by atoms with E-state index in [1.807, 2.05) is 6.07 Å². The number of H-pyrrole nitrogens is 1. The molecule has 2 aromatic heterocycles. The predicted molar refractivity (Wildman–Crippen MR) is 260 cm³/mol. The number of piperidine rings is 1. The van der Waals surface area contributed by atoms with Gasteiger partial charge in [0.25, 0.3) is 21.6 Å². The monoisotopic (exact) mass is 930 g/mol. The van der Waals surface area contributed by atoms with E-state index < -0.39 is 31.4 Å². The number of nitrogens with zero attached hydrogens (tertiary/aromatic N) is 4. The summed E-state index contributed by atoms with van der Waals surface area (Å²) >= 11 is 0. The number of ether oxygens (including phenoxy) is 2. The van der Waals surface area contributed by atoms with E-state index in [4.69, 9.17) is 15.2 Å². The highest BCUT2D eigenvalue weighted by molar-refractivity contribution is 7.90. The first-order chi connectivity index (χ1) is 32.1. The molecule has 3 aromatic carbocycles. The van der Waals surface area contributed by atoms with Gasteiger partial charge in [0, 0.05) is 60.6 Å². The van der Waals surface area contributed by atoms with E-state index in [1.165, 1.54) is 42.9 Å². The number of likely N-dealkylation sites (tertiary alicyclic amines) is 1. The number of nitrogens with one attached hydrogen (secondary N) is 3. The quantitative estimate of drug-likeness (QED) is 0.0723. The van der Waals surface area contributed by atoms with Crippen LogP contribution in [0.15, 0.2) is 77.8 Å². The molecule has 5 heterocycles. The number of hydrogen-bond donors (Lipinski definition) is 4. The first kappa shape index (κ1) is 44.9. The number of pyridine rings is 1. The summed E-state index contributed by atoms with van der Waals surface area (Å²) in [5, 5.41) is 16.5. The summed E-state index contributed by atoms with van der Waals surface area (Å²) in [6.45, 7) is 12.1. The predicted octanol–water partition coefficient (Wildman–Crippen LogP) is 10.1. The maximum Gasteiger partial charge on any atom is 0.297 e. The molecule has 4 fully saturated rings. The van der Waals surface area contributed by atoms with Crippen LogP contribution < -0.4 is 30.1 Å². The van der Waals surface area contributed by atoms with E-state index in [9.17, 15) is 23.3 Å². The van der Waals surface area contributed by atoms with E-state index in [0.29, 0.717) is 23.6 Å². The van der Waals surface area contributed by atoms with Crippen LogP contribution in [0.3, 0.4) is 0 Å². The Morgan fingerprint density at radius 3 is 2.49 bits per heavy atom. The van der Waals surface area contributed by atoms with Crippen molar-refractivity contribution in [3.8, 4) is 17.2 Å². The number of fused-ring (bicyclic) bond motifs is 2. The van der Waals surface area contributed by atoms with Gasteiger partial charge in [0.15, 0.2) is 23.0 Å². The van der Waals surface area contributed by atoms with Crippen molar-refractivity contribution in [2.75, 3.05) is 42.2 Å². The Morgan fingerprint density at radius 1 is 0.985 bits per heavy atom. The van der Waals surface area contributed by atoms with Crippen LogP contribution in [-0.4, -0.2) is 72.4 Å². The molecule has 1 spiro atoms. The fourth-order valence-electron chi connectivity index (χ4n) is 11.7. The normalized spacial score (nSPS) is 22.0. The lowest BCUT2D eigenvalue weighted by atomic mass is 9.59. The van der Waals surface area contributed by atoms with Crippen LogP contribution in [0.2, 0.25) is 0 Å². The third-order valence-corrected chi connectivity index (χ3v) is 17.0. The molecule has 2 atom stereocenters. The van der Waals surface area contributed by atoms with Crippen LogP contribution in [0.5, 0.6) is 17.2 Å². The van der Waals surface area contributed by atoms with Crippen LogP contribution in [0.1, 0.15) is 125 Å². The van der Waals surface area contributed by atoms with Gasteiger partial charge in [-0.05, 0) is 129 Å². The van der Waals surface area contributed by atoms with Gasteiger partial charge < -0.3 is 30.4 Å². The van der Waals surface area contributed by atoms with Crippen molar-refractivity contribution in [1.82, 2.24) is 19.6 Å². The molecule has 3 aliphatic heterocycles. The van der Waals surface area contributed by atoms with E-state index >= 15 is 0 Å². The number of carbonyl (C=O) groups is 1. The van der Waals surface area contributed by atoms with Crippen molar-refractivity contribution in [3.63, 3.8) is 0 Å². The number of nitrogens with two attached hydrogens (primary N) is 1. The van der Waals surface area contributed by atoms with Gasteiger partial charge in [0.1, 0.15) is 18.0 Å². The smallest absolute Gasteiger partial charge is 0.297 e. The van der Waals surface area contributed by atoms with E-state index in [-0.39, 0.29) is 63.7 Å². The van der Waals surface area contributed by atoms with Crippen LogP contribution >= 0.6 is 0 Å². The molecule has 15 nitrogen and oxygen atoms in total. The fraction of sp³-hybridized carbons (Fsp3) is 0.490. The molecule has 2 aliphatic carbocycles. The van der Waals surface area contributed by atoms with Gasteiger partial charge in [-0.25, -0.2) is 18.1 Å². The number of nitro benzene ring substituents is 1. The lowest BCUT2D eigenvalue weighted by Crippen LogP contribution is -2.54. The fourth-order valence-corrected chi connectivity index (χ4v) is 12.7. The Morgan fingerprint density at radius 2 is 1.75 bits per heavy atom. The standard InChI is InChI=1S/C51H62N8O7S/c1-31(2)37-8-5-6-9-38(37)41-10-7-21-58(41)35-28-51(29-35)18-22-57(23-19-51)34-11-12-39(43(25-34)66-45-24-33-15-20-53-48(33)55-47(45)52)49(60)56-67(63,64)36-26-42(59(61)62)46-44(27-36)65-30-40(54-46)32-13-16-50(3,4)17-14-32/h5-6,8-9,11-12,15,20,24-27,31-32,35,40-41,54H,7,10,13-14,16-19,21-23,28-30H2,1-4H3,(H,56,60)(H3,52,53,55)/t40-,41+/m1/s1.